The van der Waals surface area contributed by atoms with Gasteiger partial charge in [-0.3, -0.25) is 0 Å². The van der Waals surface area contributed by atoms with Crippen LogP contribution in [-0.4, -0.2) is 0 Å². The van der Waals surface area contributed by atoms with Gasteiger partial charge < -0.3 is 9.73 Å². The monoisotopic (exact) mass is 461 g/mol. The highest BCUT2D eigenvalue weighted by Gasteiger charge is 2.17. The fourth-order valence-electron chi connectivity index (χ4n) is 5.17. The van der Waals surface area contributed by atoms with Crippen molar-refractivity contribution >= 4 is 44.1 Å². The van der Waals surface area contributed by atoms with Gasteiger partial charge in [0.2, 0.25) is 0 Å². The molecule has 6 aromatic carbocycles. The average Bonchev–Trinajstić information content (AvgIpc) is 3.33. The summed E-state index contributed by atoms with van der Waals surface area (Å²) in [6.45, 7) is 0. The maximum atomic E-state index is 6.45. The van der Waals surface area contributed by atoms with Gasteiger partial charge >= 0.3 is 0 Å². The Bertz CT molecular complexity index is 1850. The number of benzene rings is 6. The van der Waals surface area contributed by atoms with Crippen LogP contribution >= 0.6 is 0 Å². The summed E-state index contributed by atoms with van der Waals surface area (Å²) in [5.74, 6) is 0. The standard InChI is InChI=1S/C34H23NO/c1-2-10-25(11-3-1)35-26-20-17-24(18-21-26)28-22-19-23-9-4-5-12-27(23)33(28)31-15-8-14-30-29-13-6-7-16-32(29)36-34(30)31/h1-22,35H. The summed E-state index contributed by atoms with van der Waals surface area (Å²) in [5.41, 5.74) is 8.65. The maximum Gasteiger partial charge on any atom is 0.143 e. The van der Waals surface area contributed by atoms with Crippen LogP contribution in [0.15, 0.2) is 138 Å². The molecule has 0 fully saturated rings. The third kappa shape index (κ3) is 3.43. The third-order valence-electron chi connectivity index (χ3n) is 6.86. The molecule has 0 aliphatic carbocycles. The predicted octanol–water partition coefficient (Wildman–Crippen LogP) is 9.82. The Morgan fingerprint density at radius 2 is 1.14 bits per heavy atom. The van der Waals surface area contributed by atoms with Gasteiger partial charge in [0.05, 0.1) is 0 Å². The summed E-state index contributed by atoms with van der Waals surface area (Å²) in [6.07, 6.45) is 0. The molecule has 0 bridgehead atoms. The number of para-hydroxylation sites is 3. The Morgan fingerprint density at radius 1 is 0.444 bits per heavy atom. The van der Waals surface area contributed by atoms with E-state index >= 15 is 0 Å². The first-order valence-electron chi connectivity index (χ1n) is 12.2. The first-order valence-corrected chi connectivity index (χ1v) is 12.2. The van der Waals surface area contributed by atoms with E-state index in [0.717, 1.165) is 38.9 Å². The molecular formula is C34H23NO. The molecule has 0 saturated heterocycles. The minimum Gasteiger partial charge on any atom is -0.455 e. The molecule has 2 heteroatoms. The average molecular weight is 462 g/mol. The van der Waals surface area contributed by atoms with E-state index in [2.05, 4.69) is 108 Å². The molecule has 36 heavy (non-hydrogen) atoms. The second-order valence-electron chi connectivity index (χ2n) is 9.06. The number of nitrogens with one attached hydrogen (secondary N) is 1. The summed E-state index contributed by atoms with van der Waals surface area (Å²) in [6, 6.07) is 46.7. The van der Waals surface area contributed by atoms with Gasteiger partial charge in [-0.05, 0) is 52.2 Å². The zero-order valence-electron chi connectivity index (χ0n) is 19.6. The van der Waals surface area contributed by atoms with Gasteiger partial charge in [-0.25, -0.2) is 0 Å². The van der Waals surface area contributed by atoms with Crippen molar-refractivity contribution < 1.29 is 4.42 Å². The number of furan rings is 1. The molecule has 1 heterocycles. The molecule has 0 amide bonds. The normalized spacial score (nSPS) is 11.3. The van der Waals surface area contributed by atoms with Gasteiger partial charge in [-0.1, -0.05) is 103 Å². The van der Waals surface area contributed by atoms with Crippen molar-refractivity contribution in [2.45, 2.75) is 0 Å². The topological polar surface area (TPSA) is 25.2 Å². The van der Waals surface area contributed by atoms with E-state index in [1.165, 1.54) is 27.5 Å². The van der Waals surface area contributed by atoms with Crippen molar-refractivity contribution in [2.24, 2.45) is 0 Å². The molecule has 0 spiro atoms. The summed E-state index contributed by atoms with van der Waals surface area (Å²) in [7, 11) is 0. The molecule has 0 aliphatic heterocycles. The summed E-state index contributed by atoms with van der Waals surface area (Å²) >= 11 is 0. The van der Waals surface area contributed by atoms with Gasteiger partial charge in [-0.2, -0.15) is 0 Å². The zero-order chi connectivity index (χ0) is 23.9. The van der Waals surface area contributed by atoms with Crippen LogP contribution in [-0.2, 0) is 0 Å². The molecule has 0 unspecified atom stereocenters. The lowest BCUT2D eigenvalue weighted by atomic mass is 9.89. The van der Waals surface area contributed by atoms with E-state index in [1.54, 1.807) is 0 Å². The van der Waals surface area contributed by atoms with Crippen LogP contribution in [0.2, 0.25) is 0 Å². The summed E-state index contributed by atoms with van der Waals surface area (Å²) < 4.78 is 6.45. The Kier molecular flexibility index (Phi) is 4.82. The number of anilines is 2. The van der Waals surface area contributed by atoms with E-state index in [4.69, 9.17) is 4.42 Å². The molecule has 7 rings (SSSR count). The lowest BCUT2D eigenvalue weighted by molar-refractivity contribution is 0.670. The minimum absolute atomic E-state index is 0.915. The first-order chi connectivity index (χ1) is 17.8. The SMILES string of the molecule is c1ccc(Nc2ccc(-c3ccc4ccccc4c3-c3cccc4c3oc3ccccc34)cc2)cc1. The second kappa shape index (κ2) is 8.44. The van der Waals surface area contributed by atoms with E-state index in [-0.39, 0.29) is 0 Å². The number of hydrogen-bond acceptors (Lipinski definition) is 2. The lowest BCUT2D eigenvalue weighted by Crippen LogP contribution is -1.91. The third-order valence-corrected chi connectivity index (χ3v) is 6.86. The Morgan fingerprint density at radius 3 is 2.00 bits per heavy atom. The molecular weight excluding hydrogens is 438 g/mol. The van der Waals surface area contributed by atoms with Crippen LogP contribution < -0.4 is 5.32 Å². The largest absolute Gasteiger partial charge is 0.455 e. The Hall–Kier alpha value is -4.82. The predicted molar refractivity (Wildman–Crippen MR) is 152 cm³/mol. The van der Waals surface area contributed by atoms with E-state index < -0.39 is 0 Å². The van der Waals surface area contributed by atoms with Gasteiger partial charge in [0, 0.05) is 33.3 Å². The van der Waals surface area contributed by atoms with Crippen LogP contribution in [0, 0.1) is 0 Å². The first kappa shape index (κ1) is 20.5. The summed E-state index contributed by atoms with van der Waals surface area (Å²) in [5, 5.41) is 8.20. The van der Waals surface area contributed by atoms with E-state index in [1.807, 2.05) is 30.3 Å². The van der Waals surface area contributed by atoms with Crippen molar-refractivity contribution in [3.05, 3.63) is 133 Å². The fraction of sp³-hybridized carbons (Fsp3) is 0. The second-order valence-corrected chi connectivity index (χ2v) is 9.06. The van der Waals surface area contributed by atoms with Crippen LogP contribution in [0.4, 0.5) is 11.4 Å². The van der Waals surface area contributed by atoms with Gasteiger partial charge in [0.25, 0.3) is 0 Å². The highest BCUT2D eigenvalue weighted by molar-refractivity contribution is 6.14. The van der Waals surface area contributed by atoms with Crippen LogP contribution in [0.5, 0.6) is 0 Å². The van der Waals surface area contributed by atoms with Crippen LogP contribution in [0.25, 0.3) is 55.0 Å². The van der Waals surface area contributed by atoms with Crippen LogP contribution in [0.1, 0.15) is 0 Å². The van der Waals surface area contributed by atoms with Crippen molar-refractivity contribution in [1.82, 2.24) is 0 Å². The van der Waals surface area contributed by atoms with Crippen LogP contribution in [0.3, 0.4) is 0 Å². The minimum atomic E-state index is 0.915. The molecule has 0 atom stereocenters. The maximum absolute atomic E-state index is 6.45. The zero-order valence-corrected chi connectivity index (χ0v) is 19.6. The number of rotatable bonds is 4. The van der Waals surface area contributed by atoms with Crippen molar-refractivity contribution in [3.63, 3.8) is 0 Å². The molecule has 1 N–H and O–H groups in total. The van der Waals surface area contributed by atoms with Crippen molar-refractivity contribution in [3.8, 4) is 22.3 Å². The molecule has 170 valence electrons. The van der Waals surface area contributed by atoms with Crippen molar-refractivity contribution in [2.75, 3.05) is 5.32 Å². The van der Waals surface area contributed by atoms with Gasteiger partial charge in [0.15, 0.2) is 0 Å². The van der Waals surface area contributed by atoms with E-state index in [0.29, 0.717) is 0 Å². The lowest BCUT2D eigenvalue weighted by Gasteiger charge is -2.15. The Balaban J connectivity index is 1.43. The summed E-state index contributed by atoms with van der Waals surface area (Å²) in [4.78, 5) is 0. The molecule has 7 aromatic rings. The Labute approximate surface area is 209 Å². The van der Waals surface area contributed by atoms with Crippen molar-refractivity contribution in [1.29, 1.82) is 0 Å². The fourth-order valence-corrected chi connectivity index (χ4v) is 5.17. The van der Waals surface area contributed by atoms with Gasteiger partial charge in [0.1, 0.15) is 11.2 Å². The molecule has 0 radical (unpaired) electrons. The number of fused-ring (bicyclic) bond motifs is 4. The smallest absolute Gasteiger partial charge is 0.143 e. The highest BCUT2D eigenvalue weighted by Crippen LogP contribution is 2.43. The van der Waals surface area contributed by atoms with E-state index in [9.17, 15) is 0 Å². The highest BCUT2D eigenvalue weighted by atomic mass is 16.3. The quantitative estimate of drug-likeness (QED) is 0.282. The molecule has 0 saturated carbocycles. The van der Waals surface area contributed by atoms with Gasteiger partial charge in [-0.15, -0.1) is 0 Å². The molecule has 1 aromatic heterocycles. The molecule has 0 aliphatic rings. The molecule has 2 nitrogen and oxygen atoms in total. The number of hydrogen-bond donors (Lipinski definition) is 1.